The minimum atomic E-state index is -0.469. The third kappa shape index (κ3) is 4.29. The molecule has 4 rings (SSSR count). The topological polar surface area (TPSA) is 69.0 Å². The van der Waals surface area contributed by atoms with Crippen molar-refractivity contribution in [2.75, 3.05) is 12.4 Å². The third-order valence-corrected chi connectivity index (χ3v) is 6.05. The van der Waals surface area contributed by atoms with Gasteiger partial charge in [0.15, 0.2) is 11.0 Å². The normalized spacial score (nSPS) is 14.4. The summed E-state index contributed by atoms with van der Waals surface area (Å²) in [6.07, 6.45) is 1.96. The van der Waals surface area contributed by atoms with Gasteiger partial charge in [-0.1, -0.05) is 35.5 Å². The number of anilines is 1. The number of carbonyl (C=O) groups excluding carboxylic acids is 1. The van der Waals surface area contributed by atoms with E-state index in [4.69, 9.17) is 16.3 Å². The number of methoxy groups -OCH3 is 1. The van der Waals surface area contributed by atoms with Gasteiger partial charge in [0.1, 0.15) is 11.6 Å². The van der Waals surface area contributed by atoms with Gasteiger partial charge >= 0.3 is 0 Å². The quantitative estimate of drug-likeness (QED) is 0.505. The first-order valence-corrected chi connectivity index (χ1v) is 10.7. The summed E-state index contributed by atoms with van der Waals surface area (Å²) in [5, 5.41) is 12.0. The monoisotopic (exact) mass is 446 g/mol. The maximum atomic E-state index is 14.3. The van der Waals surface area contributed by atoms with Crippen LogP contribution in [0.4, 0.5) is 10.1 Å². The Morgan fingerprint density at radius 3 is 2.77 bits per heavy atom. The summed E-state index contributed by atoms with van der Waals surface area (Å²) in [5.41, 5.74) is 0.905. The Balaban J connectivity index is 1.55. The average Bonchev–Trinajstić information content (AvgIpc) is 3.49. The molecule has 2 aromatic carbocycles. The molecule has 0 spiro atoms. The molecular weight excluding hydrogens is 427 g/mol. The minimum absolute atomic E-state index is 0.223. The van der Waals surface area contributed by atoms with Crippen molar-refractivity contribution < 1.29 is 13.9 Å². The molecule has 1 heterocycles. The highest BCUT2D eigenvalue weighted by Gasteiger charge is 2.32. The minimum Gasteiger partial charge on any atom is -0.495 e. The first-order chi connectivity index (χ1) is 14.5. The van der Waals surface area contributed by atoms with Crippen LogP contribution in [0, 0.1) is 5.82 Å². The lowest BCUT2D eigenvalue weighted by Crippen LogP contribution is -2.23. The number of hydrogen-bond donors (Lipinski definition) is 1. The Morgan fingerprint density at radius 2 is 2.07 bits per heavy atom. The number of carbonyl (C=O) groups is 1. The smallest absolute Gasteiger partial charge is 0.237 e. The highest BCUT2D eigenvalue weighted by molar-refractivity contribution is 8.00. The standard InChI is InChI=1S/C21H20ClFN4O2S/c1-12(20(28)24-17-11-13(22)7-10-18(17)29-2)30-21-26-25-19(27(21)14-8-9-14)15-5-3-4-6-16(15)23/h3-7,10-12,14H,8-9H2,1-2H3,(H,24,28)/t12-/m1/s1. The van der Waals surface area contributed by atoms with E-state index >= 15 is 0 Å². The molecule has 30 heavy (non-hydrogen) atoms. The number of nitrogens with zero attached hydrogens (tertiary/aromatic N) is 3. The number of benzene rings is 2. The summed E-state index contributed by atoms with van der Waals surface area (Å²) in [4.78, 5) is 12.8. The van der Waals surface area contributed by atoms with Crippen molar-refractivity contribution in [2.24, 2.45) is 0 Å². The van der Waals surface area contributed by atoms with Gasteiger partial charge in [0.05, 0.1) is 23.6 Å². The summed E-state index contributed by atoms with van der Waals surface area (Å²) in [7, 11) is 1.53. The van der Waals surface area contributed by atoms with Crippen LogP contribution in [0.2, 0.25) is 5.02 Å². The second-order valence-electron chi connectivity index (χ2n) is 6.98. The fraction of sp³-hybridized carbons (Fsp3) is 0.286. The molecule has 0 bridgehead atoms. The molecule has 3 aromatic rings. The lowest BCUT2D eigenvalue weighted by molar-refractivity contribution is -0.115. The van der Waals surface area contributed by atoms with Gasteiger partial charge in [-0.3, -0.25) is 9.36 Å². The molecule has 0 radical (unpaired) electrons. The van der Waals surface area contributed by atoms with Gasteiger partial charge in [-0.05, 0) is 50.1 Å². The predicted molar refractivity (Wildman–Crippen MR) is 116 cm³/mol. The zero-order valence-corrected chi connectivity index (χ0v) is 18.0. The van der Waals surface area contributed by atoms with E-state index in [0.29, 0.717) is 33.0 Å². The van der Waals surface area contributed by atoms with E-state index in [1.165, 1.54) is 24.9 Å². The zero-order valence-electron chi connectivity index (χ0n) is 16.4. The Hall–Kier alpha value is -2.58. The number of aromatic nitrogens is 3. The van der Waals surface area contributed by atoms with Crippen molar-refractivity contribution in [3.05, 3.63) is 53.3 Å². The molecule has 1 aromatic heterocycles. The van der Waals surface area contributed by atoms with Crippen LogP contribution < -0.4 is 10.1 Å². The molecule has 1 fully saturated rings. The summed E-state index contributed by atoms with van der Waals surface area (Å²) in [5.74, 6) is 0.440. The van der Waals surface area contributed by atoms with Crippen LogP contribution in [-0.2, 0) is 4.79 Å². The number of hydrogen-bond acceptors (Lipinski definition) is 5. The molecular formula is C21H20ClFN4O2S. The molecule has 1 N–H and O–H groups in total. The molecule has 0 saturated heterocycles. The molecule has 1 atom stereocenters. The maximum absolute atomic E-state index is 14.3. The van der Waals surface area contributed by atoms with Gasteiger partial charge in [0, 0.05) is 11.1 Å². The molecule has 9 heteroatoms. The molecule has 1 saturated carbocycles. The van der Waals surface area contributed by atoms with Gasteiger partial charge in [-0.2, -0.15) is 0 Å². The second-order valence-corrected chi connectivity index (χ2v) is 8.73. The number of halogens is 2. The summed E-state index contributed by atoms with van der Waals surface area (Å²) >= 11 is 7.32. The highest BCUT2D eigenvalue weighted by Crippen LogP contribution is 2.42. The lowest BCUT2D eigenvalue weighted by Gasteiger charge is -2.15. The third-order valence-electron chi connectivity index (χ3n) is 4.76. The van der Waals surface area contributed by atoms with Crippen LogP contribution in [0.3, 0.4) is 0 Å². The number of nitrogens with one attached hydrogen (secondary N) is 1. The lowest BCUT2D eigenvalue weighted by atomic mass is 10.2. The van der Waals surface area contributed by atoms with Crippen molar-refractivity contribution in [3.8, 4) is 17.1 Å². The number of rotatable bonds is 7. The maximum Gasteiger partial charge on any atom is 0.237 e. The fourth-order valence-electron chi connectivity index (χ4n) is 3.07. The van der Waals surface area contributed by atoms with Crippen molar-refractivity contribution >= 4 is 35.0 Å². The summed E-state index contributed by atoms with van der Waals surface area (Å²) in [6, 6.07) is 11.8. The highest BCUT2D eigenvalue weighted by atomic mass is 35.5. The van der Waals surface area contributed by atoms with E-state index in [2.05, 4.69) is 15.5 Å². The SMILES string of the molecule is COc1ccc(Cl)cc1NC(=O)[C@@H](C)Sc1nnc(-c2ccccc2F)n1C1CC1. The van der Waals surface area contributed by atoms with E-state index in [9.17, 15) is 9.18 Å². The fourth-order valence-corrected chi connectivity index (χ4v) is 4.16. The first kappa shape index (κ1) is 20.7. The molecule has 6 nitrogen and oxygen atoms in total. The molecule has 0 unspecified atom stereocenters. The van der Waals surface area contributed by atoms with Crippen LogP contribution in [-0.4, -0.2) is 33.0 Å². The Morgan fingerprint density at radius 1 is 1.30 bits per heavy atom. The average molecular weight is 447 g/mol. The van der Waals surface area contributed by atoms with Crippen molar-refractivity contribution in [1.29, 1.82) is 0 Å². The van der Waals surface area contributed by atoms with E-state index in [1.54, 1.807) is 43.3 Å². The van der Waals surface area contributed by atoms with Crippen LogP contribution >= 0.6 is 23.4 Å². The largest absolute Gasteiger partial charge is 0.495 e. The Bertz CT molecular complexity index is 1090. The first-order valence-electron chi connectivity index (χ1n) is 9.48. The number of amides is 1. The van der Waals surface area contributed by atoms with Crippen LogP contribution in [0.1, 0.15) is 25.8 Å². The van der Waals surface area contributed by atoms with Gasteiger partial charge in [0.2, 0.25) is 5.91 Å². The molecule has 1 amide bonds. The summed E-state index contributed by atoms with van der Waals surface area (Å²) in [6.45, 7) is 1.78. The summed E-state index contributed by atoms with van der Waals surface area (Å²) < 4.78 is 21.5. The van der Waals surface area contributed by atoms with E-state index in [0.717, 1.165) is 12.8 Å². The number of ether oxygens (including phenoxy) is 1. The Kier molecular flexibility index (Phi) is 5.97. The zero-order chi connectivity index (χ0) is 21.3. The van der Waals surface area contributed by atoms with Crippen molar-refractivity contribution in [3.63, 3.8) is 0 Å². The second kappa shape index (κ2) is 8.65. The van der Waals surface area contributed by atoms with E-state index in [1.807, 2.05) is 4.57 Å². The van der Waals surface area contributed by atoms with Crippen LogP contribution in [0.25, 0.3) is 11.4 Å². The van der Waals surface area contributed by atoms with E-state index in [-0.39, 0.29) is 17.8 Å². The van der Waals surface area contributed by atoms with Gasteiger partial charge in [-0.25, -0.2) is 4.39 Å². The van der Waals surface area contributed by atoms with Gasteiger partial charge in [0.25, 0.3) is 0 Å². The van der Waals surface area contributed by atoms with Crippen molar-refractivity contribution in [2.45, 2.75) is 36.2 Å². The molecule has 1 aliphatic rings. The van der Waals surface area contributed by atoms with Crippen LogP contribution in [0.15, 0.2) is 47.6 Å². The van der Waals surface area contributed by atoms with Gasteiger partial charge in [-0.15, -0.1) is 10.2 Å². The van der Waals surface area contributed by atoms with Gasteiger partial charge < -0.3 is 10.1 Å². The Labute approximate surface area is 182 Å². The molecule has 156 valence electrons. The molecule has 0 aliphatic heterocycles. The molecule has 1 aliphatic carbocycles. The van der Waals surface area contributed by atoms with Crippen molar-refractivity contribution in [1.82, 2.24) is 14.8 Å². The number of thioether (sulfide) groups is 1. The predicted octanol–water partition coefficient (Wildman–Crippen LogP) is 5.20. The van der Waals surface area contributed by atoms with Crippen LogP contribution in [0.5, 0.6) is 5.75 Å². The van der Waals surface area contributed by atoms with E-state index < -0.39 is 5.25 Å².